The Morgan fingerprint density at radius 2 is 2.08 bits per heavy atom. The second-order valence-corrected chi connectivity index (χ2v) is 5.71. The van der Waals surface area contributed by atoms with Gasteiger partial charge < -0.3 is 5.73 Å². The van der Waals surface area contributed by atoms with Gasteiger partial charge in [-0.25, -0.2) is 9.98 Å². The summed E-state index contributed by atoms with van der Waals surface area (Å²) in [5.74, 6) is 0.0599. The number of amidine groups is 1. The van der Waals surface area contributed by atoms with Gasteiger partial charge >= 0.3 is 0 Å². The number of nitrogens with zero attached hydrogens (tertiary/aromatic N) is 3. The first-order valence-electron chi connectivity index (χ1n) is 8.11. The Balaban J connectivity index is 2.28. The molecule has 0 fully saturated rings. The van der Waals surface area contributed by atoms with Crippen molar-refractivity contribution in [2.75, 3.05) is 0 Å². The highest BCUT2D eigenvalue weighted by Crippen LogP contribution is 2.25. The topological polar surface area (TPSA) is 89.8 Å². The first kappa shape index (κ1) is 17.3. The third-order valence-corrected chi connectivity index (χ3v) is 3.84. The highest BCUT2D eigenvalue weighted by atomic mass is 16.1. The average molecular weight is 346 g/mol. The lowest BCUT2D eigenvalue weighted by molar-refractivity contribution is 0.101. The molecule has 6 heteroatoms. The molecule has 3 aromatic rings. The number of hydrogen-bond donors (Lipinski definition) is 1. The Kier molecular flexibility index (Phi) is 4.75. The standard InChI is InChI=1S/C20H18N4O2/c1-3-4-5-8-18(21)22-16-12-15-17(11-14(16)13(2)25)23-19-9-6-7-10-24(19)20(15)26/h3-12H,1-2H3,(H2,21,22)/b4-3-,8-5-. The van der Waals surface area contributed by atoms with Crippen molar-refractivity contribution in [1.29, 1.82) is 0 Å². The van der Waals surface area contributed by atoms with Gasteiger partial charge in [-0.1, -0.05) is 24.3 Å². The molecular weight excluding hydrogens is 328 g/mol. The van der Waals surface area contributed by atoms with Gasteiger partial charge in [-0.15, -0.1) is 0 Å². The Hall–Kier alpha value is -3.54. The number of allylic oxidation sites excluding steroid dienone is 3. The third-order valence-electron chi connectivity index (χ3n) is 3.84. The van der Waals surface area contributed by atoms with Gasteiger partial charge in [0.1, 0.15) is 11.5 Å². The molecule has 1 aromatic carbocycles. The molecule has 0 unspecified atom stereocenters. The maximum Gasteiger partial charge on any atom is 0.265 e. The number of ketones is 1. The molecule has 0 aliphatic heterocycles. The predicted octanol–water partition coefficient (Wildman–Crippen LogP) is 3.17. The first-order chi connectivity index (χ1) is 12.5. The zero-order valence-corrected chi connectivity index (χ0v) is 14.5. The van der Waals surface area contributed by atoms with E-state index in [4.69, 9.17) is 5.73 Å². The van der Waals surface area contributed by atoms with E-state index in [0.29, 0.717) is 27.8 Å². The van der Waals surface area contributed by atoms with Gasteiger partial charge in [0, 0.05) is 11.8 Å². The van der Waals surface area contributed by atoms with Crippen LogP contribution in [-0.4, -0.2) is 21.0 Å². The molecule has 26 heavy (non-hydrogen) atoms. The van der Waals surface area contributed by atoms with Crippen LogP contribution in [0.1, 0.15) is 24.2 Å². The maximum atomic E-state index is 12.8. The Labute approximate surface area is 150 Å². The Bertz CT molecular complexity index is 1150. The molecule has 3 rings (SSSR count). The van der Waals surface area contributed by atoms with Crippen molar-refractivity contribution in [3.8, 4) is 0 Å². The van der Waals surface area contributed by atoms with E-state index in [0.717, 1.165) is 0 Å². The zero-order chi connectivity index (χ0) is 18.7. The van der Waals surface area contributed by atoms with Crippen molar-refractivity contribution in [1.82, 2.24) is 9.38 Å². The van der Waals surface area contributed by atoms with Crippen molar-refractivity contribution in [2.24, 2.45) is 10.7 Å². The molecule has 0 saturated heterocycles. The van der Waals surface area contributed by atoms with Crippen LogP contribution in [0.25, 0.3) is 16.6 Å². The highest BCUT2D eigenvalue weighted by molar-refractivity contribution is 6.05. The molecule has 0 bridgehead atoms. The summed E-state index contributed by atoms with van der Waals surface area (Å²) in [4.78, 5) is 33.6. The molecular formula is C20H18N4O2. The number of carbonyl (C=O) groups is 1. The monoisotopic (exact) mass is 346 g/mol. The number of aromatic nitrogens is 2. The fraction of sp³-hybridized carbons (Fsp3) is 0.100. The van der Waals surface area contributed by atoms with Gasteiger partial charge in [-0.05, 0) is 44.2 Å². The molecule has 0 amide bonds. The minimum atomic E-state index is -0.222. The number of rotatable bonds is 4. The SMILES string of the molecule is C/C=C\C=C/C(N)=Nc1cc2c(=O)n3ccccc3nc2cc1C(C)=O. The van der Waals surface area contributed by atoms with Crippen molar-refractivity contribution in [3.05, 3.63) is 76.8 Å². The smallest absolute Gasteiger partial charge is 0.265 e. The average Bonchev–Trinajstić information content (AvgIpc) is 2.62. The van der Waals surface area contributed by atoms with Crippen LogP contribution < -0.4 is 11.3 Å². The van der Waals surface area contributed by atoms with Crippen molar-refractivity contribution < 1.29 is 4.79 Å². The lowest BCUT2D eigenvalue weighted by Gasteiger charge is -2.07. The normalized spacial score (nSPS) is 12.6. The summed E-state index contributed by atoms with van der Waals surface area (Å²) in [6, 6.07) is 8.46. The Morgan fingerprint density at radius 3 is 2.81 bits per heavy atom. The fourth-order valence-electron chi connectivity index (χ4n) is 2.61. The maximum absolute atomic E-state index is 12.8. The van der Waals surface area contributed by atoms with Crippen LogP contribution in [0.4, 0.5) is 5.69 Å². The number of Topliss-reactive ketones (excluding diaryl/α,β-unsaturated/α-hetero) is 1. The lowest BCUT2D eigenvalue weighted by Crippen LogP contribution is -2.15. The number of pyridine rings is 1. The van der Waals surface area contributed by atoms with Crippen LogP contribution in [0.2, 0.25) is 0 Å². The largest absolute Gasteiger partial charge is 0.384 e. The Morgan fingerprint density at radius 1 is 1.27 bits per heavy atom. The molecule has 0 aliphatic rings. The molecule has 0 aliphatic carbocycles. The van der Waals surface area contributed by atoms with E-state index in [1.807, 2.05) is 19.1 Å². The van der Waals surface area contributed by atoms with Gasteiger partial charge in [0.25, 0.3) is 5.56 Å². The minimum Gasteiger partial charge on any atom is -0.384 e. The number of carbonyl (C=O) groups excluding carboxylic acids is 1. The van der Waals surface area contributed by atoms with Crippen LogP contribution in [0.3, 0.4) is 0 Å². The second-order valence-electron chi connectivity index (χ2n) is 5.71. The van der Waals surface area contributed by atoms with E-state index < -0.39 is 0 Å². The molecule has 0 radical (unpaired) electrons. The van der Waals surface area contributed by atoms with Crippen LogP contribution in [0.5, 0.6) is 0 Å². The zero-order valence-electron chi connectivity index (χ0n) is 14.5. The summed E-state index contributed by atoms with van der Waals surface area (Å²) in [5.41, 5.74) is 7.37. The minimum absolute atomic E-state index is 0.175. The number of nitrogens with two attached hydrogens (primary N) is 1. The van der Waals surface area contributed by atoms with Crippen molar-refractivity contribution >= 4 is 33.9 Å². The van der Waals surface area contributed by atoms with E-state index in [1.54, 1.807) is 48.7 Å². The second kappa shape index (κ2) is 7.14. The summed E-state index contributed by atoms with van der Waals surface area (Å²) < 4.78 is 1.46. The molecule has 0 atom stereocenters. The van der Waals surface area contributed by atoms with E-state index >= 15 is 0 Å². The van der Waals surface area contributed by atoms with Crippen LogP contribution in [0.15, 0.2) is 70.6 Å². The molecule has 0 spiro atoms. The van der Waals surface area contributed by atoms with Crippen LogP contribution in [-0.2, 0) is 0 Å². The molecule has 6 nitrogen and oxygen atoms in total. The molecule has 2 heterocycles. The van der Waals surface area contributed by atoms with E-state index in [1.165, 1.54) is 11.3 Å². The summed E-state index contributed by atoms with van der Waals surface area (Å²) in [5, 5.41) is 0.377. The quantitative estimate of drug-likeness (QED) is 0.258. The number of hydrogen-bond acceptors (Lipinski definition) is 4. The van der Waals surface area contributed by atoms with Gasteiger partial charge in [0.15, 0.2) is 5.78 Å². The summed E-state index contributed by atoms with van der Waals surface area (Å²) in [7, 11) is 0. The van der Waals surface area contributed by atoms with Gasteiger partial charge in [-0.3, -0.25) is 14.0 Å². The van der Waals surface area contributed by atoms with Crippen LogP contribution >= 0.6 is 0 Å². The summed E-state index contributed by atoms with van der Waals surface area (Å²) in [6.45, 7) is 3.33. The summed E-state index contributed by atoms with van der Waals surface area (Å²) >= 11 is 0. The lowest BCUT2D eigenvalue weighted by atomic mass is 10.1. The van der Waals surface area contributed by atoms with Crippen LogP contribution in [0, 0.1) is 0 Å². The molecule has 0 saturated carbocycles. The summed E-state index contributed by atoms with van der Waals surface area (Å²) in [6.07, 6.45) is 8.70. The van der Waals surface area contributed by atoms with Gasteiger partial charge in [-0.2, -0.15) is 0 Å². The van der Waals surface area contributed by atoms with Gasteiger partial charge in [0.2, 0.25) is 0 Å². The molecule has 2 aromatic heterocycles. The van der Waals surface area contributed by atoms with Crippen molar-refractivity contribution in [3.63, 3.8) is 0 Å². The van der Waals surface area contributed by atoms with E-state index in [9.17, 15) is 9.59 Å². The van der Waals surface area contributed by atoms with Gasteiger partial charge in [0.05, 0.1) is 16.6 Å². The van der Waals surface area contributed by atoms with E-state index in [2.05, 4.69) is 9.98 Å². The number of fused-ring (bicyclic) bond motifs is 2. The number of benzene rings is 1. The molecule has 130 valence electrons. The highest BCUT2D eigenvalue weighted by Gasteiger charge is 2.13. The van der Waals surface area contributed by atoms with Crippen molar-refractivity contribution in [2.45, 2.75) is 13.8 Å². The molecule has 2 N–H and O–H groups in total. The first-order valence-corrected chi connectivity index (χ1v) is 8.11. The third kappa shape index (κ3) is 3.30. The number of aliphatic imine (C=N–C) groups is 1. The fourth-order valence-corrected chi connectivity index (χ4v) is 2.61. The van der Waals surface area contributed by atoms with E-state index in [-0.39, 0.29) is 17.2 Å². The predicted molar refractivity (Wildman–Crippen MR) is 104 cm³/mol.